The summed E-state index contributed by atoms with van der Waals surface area (Å²) in [6.45, 7) is 5.39. The van der Waals surface area contributed by atoms with E-state index in [9.17, 15) is 13.9 Å². The highest BCUT2D eigenvalue weighted by molar-refractivity contribution is 5.24. The molecule has 0 aliphatic carbocycles. The van der Waals surface area contributed by atoms with Crippen LogP contribution in [0.3, 0.4) is 0 Å². The average molecular weight is 199 g/mol. The molecule has 0 aromatic heterocycles. The van der Waals surface area contributed by atoms with E-state index in [1.807, 2.05) is 0 Å². The lowest BCUT2D eigenvalue weighted by Gasteiger charge is -2.18. The lowest BCUT2D eigenvalue weighted by Crippen LogP contribution is -2.16. The molecule has 0 saturated heterocycles. The highest BCUT2D eigenvalue weighted by Crippen LogP contribution is 2.24. The Morgan fingerprint density at radius 2 is 2.07 bits per heavy atom. The minimum absolute atomic E-state index is 0.124. The molecule has 77 valence electrons. The summed E-state index contributed by atoms with van der Waals surface area (Å²) in [6, 6.07) is 3.90. The van der Waals surface area contributed by atoms with E-state index >= 15 is 0 Å². The molecule has 1 aromatic rings. The summed E-state index contributed by atoms with van der Waals surface area (Å²) < 4.78 is 26.0. The summed E-state index contributed by atoms with van der Waals surface area (Å²) in [7, 11) is 0. The van der Waals surface area contributed by atoms with Crippen LogP contribution in [0.2, 0.25) is 0 Å². The molecule has 0 amide bonds. The first-order valence-electron chi connectivity index (χ1n) is 4.53. The van der Waals surface area contributed by atoms with Crippen molar-refractivity contribution in [3.63, 3.8) is 0 Å². The van der Waals surface area contributed by atoms with Crippen LogP contribution in [0.1, 0.15) is 24.8 Å². The zero-order valence-corrected chi connectivity index (χ0v) is 8.00. The molecule has 0 fully saturated rings. The summed E-state index contributed by atoms with van der Waals surface area (Å²) in [5.74, 6) is -2.45. The van der Waals surface area contributed by atoms with Crippen molar-refractivity contribution >= 4 is 0 Å². The molecule has 0 aliphatic rings. The predicted octanol–water partition coefficient (Wildman–Crippen LogP) is 2.65. The maximum absolute atomic E-state index is 13.2. The normalized spacial score (nSPS) is 15.2. The molecule has 2 unspecified atom stereocenters. The summed E-state index contributed by atoms with van der Waals surface area (Å²) in [4.78, 5) is 0. The lowest BCUT2D eigenvalue weighted by molar-refractivity contribution is 0.152. The van der Waals surface area contributed by atoms with Gasteiger partial charge in [0.05, 0.1) is 6.10 Å². The quantitative estimate of drug-likeness (QED) is 0.793. The molecular weight excluding hydrogens is 186 g/mol. The molecule has 1 nitrogen and oxygen atoms in total. The van der Waals surface area contributed by atoms with Crippen molar-refractivity contribution in [3.8, 4) is 0 Å². The van der Waals surface area contributed by atoms with Crippen LogP contribution in [-0.2, 0) is 0 Å². The van der Waals surface area contributed by atoms with Crippen LogP contribution in [0.4, 0.5) is 8.78 Å². The van der Waals surface area contributed by atoms with Crippen molar-refractivity contribution in [2.24, 2.45) is 0 Å². The second-order valence-corrected chi connectivity index (χ2v) is 3.23. The van der Waals surface area contributed by atoms with Crippen LogP contribution in [0.5, 0.6) is 0 Å². The second-order valence-electron chi connectivity index (χ2n) is 3.23. The Balaban J connectivity index is 3.01. The second kappa shape index (κ2) is 4.51. The van der Waals surface area contributed by atoms with Gasteiger partial charge in [0, 0.05) is 5.92 Å². The number of hydrogen-bond donors (Lipinski definition) is 1. The van der Waals surface area contributed by atoms with Crippen molar-refractivity contribution < 1.29 is 13.9 Å². The van der Waals surface area contributed by atoms with Gasteiger partial charge >= 0.3 is 0 Å². The van der Waals surface area contributed by atoms with E-state index in [4.69, 9.17) is 0 Å². The van der Waals surface area contributed by atoms with Crippen LogP contribution in [-0.4, -0.2) is 11.2 Å². The predicted molar refractivity (Wildman–Crippen MR) is 50.8 cm³/mol. The number of hydrogen-bond acceptors (Lipinski definition) is 1. The third-order valence-electron chi connectivity index (χ3n) is 2.26. The summed E-state index contributed by atoms with van der Waals surface area (Å²) in [5.41, 5.74) is 0.124. The highest BCUT2D eigenvalue weighted by atomic mass is 19.2. The molecule has 0 spiro atoms. The fourth-order valence-corrected chi connectivity index (χ4v) is 1.30. The topological polar surface area (TPSA) is 20.2 Å². The van der Waals surface area contributed by atoms with Gasteiger partial charge < -0.3 is 5.11 Å². The summed E-state index contributed by atoms with van der Waals surface area (Å²) in [6.07, 6.45) is -0.282. The Kier molecular flexibility index (Phi) is 3.58. The zero-order chi connectivity index (χ0) is 10.7. The molecule has 1 radical (unpaired) electrons. The van der Waals surface area contributed by atoms with E-state index in [1.165, 1.54) is 12.1 Å². The minimum Gasteiger partial charge on any atom is -0.393 e. The van der Waals surface area contributed by atoms with Crippen molar-refractivity contribution in [2.45, 2.75) is 25.4 Å². The number of aliphatic hydroxyl groups is 1. The molecule has 1 aromatic carbocycles. The summed E-state index contributed by atoms with van der Waals surface area (Å²) >= 11 is 0. The van der Waals surface area contributed by atoms with Gasteiger partial charge in [-0.25, -0.2) is 8.78 Å². The molecule has 14 heavy (non-hydrogen) atoms. The first-order valence-corrected chi connectivity index (χ1v) is 4.53. The van der Waals surface area contributed by atoms with E-state index in [2.05, 4.69) is 6.92 Å². The molecule has 3 heteroatoms. The van der Waals surface area contributed by atoms with Gasteiger partial charge in [-0.1, -0.05) is 19.1 Å². The number of halogens is 2. The van der Waals surface area contributed by atoms with E-state index < -0.39 is 23.7 Å². The molecule has 0 heterocycles. The van der Waals surface area contributed by atoms with Crippen molar-refractivity contribution in [1.29, 1.82) is 0 Å². The van der Waals surface area contributed by atoms with Crippen LogP contribution >= 0.6 is 0 Å². The number of aliphatic hydroxyl groups excluding tert-OH is 1. The highest BCUT2D eigenvalue weighted by Gasteiger charge is 2.19. The first-order chi connectivity index (χ1) is 6.57. The van der Waals surface area contributed by atoms with Gasteiger partial charge in [0.1, 0.15) is 0 Å². The standard InChI is InChI=1S/C11H13F2O/c1-3-10(14)7(2)8-5-4-6-9(12)11(8)13/h4-7,10,14H,2-3H2,1H3. The Morgan fingerprint density at radius 3 is 2.64 bits per heavy atom. The Morgan fingerprint density at radius 1 is 1.43 bits per heavy atom. The largest absolute Gasteiger partial charge is 0.393 e. The van der Waals surface area contributed by atoms with Crippen LogP contribution in [0.25, 0.3) is 0 Å². The average Bonchev–Trinajstić information content (AvgIpc) is 2.20. The van der Waals surface area contributed by atoms with E-state index in [0.29, 0.717) is 6.42 Å². The fraction of sp³-hybridized carbons (Fsp3) is 0.364. The van der Waals surface area contributed by atoms with E-state index in [0.717, 1.165) is 6.07 Å². The van der Waals surface area contributed by atoms with E-state index in [-0.39, 0.29) is 5.56 Å². The van der Waals surface area contributed by atoms with Gasteiger partial charge in [-0.2, -0.15) is 0 Å². The molecule has 1 rings (SSSR count). The van der Waals surface area contributed by atoms with Crippen LogP contribution in [0, 0.1) is 18.6 Å². The molecular formula is C11H13F2O. The van der Waals surface area contributed by atoms with Crippen molar-refractivity contribution in [3.05, 3.63) is 42.3 Å². The molecule has 0 bridgehead atoms. The summed E-state index contributed by atoms with van der Waals surface area (Å²) in [5, 5.41) is 9.44. The van der Waals surface area contributed by atoms with Crippen molar-refractivity contribution in [1.82, 2.24) is 0 Å². The van der Waals surface area contributed by atoms with Gasteiger partial charge in [-0.05, 0) is 25.0 Å². The Labute approximate surface area is 82.4 Å². The molecule has 2 atom stereocenters. The fourth-order valence-electron chi connectivity index (χ4n) is 1.30. The monoisotopic (exact) mass is 199 g/mol. The molecule has 0 aliphatic heterocycles. The van der Waals surface area contributed by atoms with Gasteiger partial charge in [-0.15, -0.1) is 0 Å². The molecule has 0 saturated carbocycles. The number of benzene rings is 1. The first kappa shape index (κ1) is 11.1. The molecule has 1 N–H and O–H groups in total. The SMILES string of the molecule is [CH2]C(c1cccc(F)c1F)C(O)CC. The lowest BCUT2D eigenvalue weighted by atomic mass is 9.93. The van der Waals surface area contributed by atoms with E-state index in [1.54, 1.807) is 6.92 Å². The van der Waals surface area contributed by atoms with Gasteiger partial charge in [-0.3, -0.25) is 0 Å². The maximum Gasteiger partial charge on any atom is 0.162 e. The number of rotatable bonds is 3. The van der Waals surface area contributed by atoms with Gasteiger partial charge in [0.2, 0.25) is 0 Å². The van der Waals surface area contributed by atoms with Crippen molar-refractivity contribution in [2.75, 3.05) is 0 Å². The van der Waals surface area contributed by atoms with Crippen LogP contribution < -0.4 is 0 Å². The third-order valence-corrected chi connectivity index (χ3v) is 2.26. The third kappa shape index (κ3) is 2.10. The smallest absolute Gasteiger partial charge is 0.162 e. The minimum atomic E-state index is -0.917. The maximum atomic E-state index is 13.2. The van der Waals surface area contributed by atoms with Crippen LogP contribution in [0.15, 0.2) is 18.2 Å². The Bertz CT molecular complexity index is 312. The zero-order valence-electron chi connectivity index (χ0n) is 8.00. The Hall–Kier alpha value is -0.960. The van der Waals surface area contributed by atoms with Gasteiger partial charge in [0.15, 0.2) is 11.6 Å². The van der Waals surface area contributed by atoms with Gasteiger partial charge in [0.25, 0.3) is 0 Å².